The van der Waals surface area contributed by atoms with E-state index >= 15 is 0 Å². The lowest BCUT2D eigenvalue weighted by Crippen LogP contribution is -2.19. The Morgan fingerprint density at radius 3 is 1.91 bits per heavy atom. The van der Waals surface area contributed by atoms with E-state index in [1.165, 1.54) is 37.3 Å². The molecule has 2 heterocycles. The van der Waals surface area contributed by atoms with Gasteiger partial charge in [0, 0.05) is 40.6 Å². The van der Waals surface area contributed by atoms with Crippen molar-refractivity contribution in [2.75, 3.05) is 48.4 Å². The molecular formula is C48H59Cl3N4O10S2. The van der Waals surface area contributed by atoms with Crippen molar-refractivity contribution in [2.24, 2.45) is 11.8 Å². The van der Waals surface area contributed by atoms with Crippen molar-refractivity contribution < 1.29 is 45.4 Å². The van der Waals surface area contributed by atoms with Gasteiger partial charge in [-0.3, -0.25) is 9.44 Å². The maximum atomic E-state index is 12.1. The Morgan fingerprint density at radius 2 is 1.34 bits per heavy atom. The Bertz CT molecular complexity index is 2740. The lowest BCUT2D eigenvalue weighted by Gasteiger charge is -2.17. The van der Waals surface area contributed by atoms with Crippen LogP contribution in [0.4, 0.5) is 11.6 Å². The van der Waals surface area contributed by atoms with Gasteiger partial charge in [-0.05, 0) is 111 Å². The molecule has 1 aliphatic rings. The van der Waals surface area contributed by atoms with Crippen molar-refractivity contribution in [3.8, 4) is 17.2 Å². The van der Waals surface area contributed by atoms with Crippen molar-refractivity contribution in [3.63, 3.8) is 0 Å². The number of hydrogen-bond acceptors (Lipinski definition) is 12. The standard InChI is InChI=1S/C21H23ClN2O5S.C19H20Cl2N2O4S.C8H16O/c1-27-8-9-30(25,26)24-21-18-12-19(22)16(11-20(18)29-23-21)13-28-17-7-6-14-4-2-3-5-15(14)10-17;1-11(2)9-26-17-5-4-13(7-16(17)21)25-10-12-6-18-14(8-15(12)20)19(22-27-18)23-28(3)24;1-5-8(4)9-6-7(2)3/h6-7,10-12H,2-5,8-9,13H2,1H3,(H,23,24);4-8,11H,9-10H2,1-3H3,(H,22,23);5,7H,6H2,1-4H3/b;;8-5+. The van der Waals surface area contributed by atoms with Gasteiger partial charge in [0.05, 0.1) is 47.1 Å². The molecule has 4 aromatic carbocycles. The summed E-state index contributed by atoms with van der Waals surface area (Å²) < 4.78 is 78.7. The molecular weight excluding hydrogens is 963 g/mol. The molecule has 0 saturated carbocycles. The molecule has 0 fully saturated rings. The van der Waals surface area contributed by atoms with E-state index in [1.54, 1.807) is 42.5 Å². The zero-order chi connectivity index (χ0) is 48.7. The average molecular weight is 1020 g/mol. The third-order valence-corrected chi connectivity index (χ3v) is 12.7. The molecule has 0 amide bonds. The highest BCUT2D eigenvalue weighted by Crippen LogP contribution is 2.34. The van der Waals surface area contributed by atoms with Crippen molar-refractivity contribution in [1.29, 1.82) is 0 Å². The van der Waals surface area contributed by atoms with E-state index < -0.39 is 21.0 Å². The number of aryl methyl sites for hydroxylation is 2. The monoisotopic (exact) mass is 1020 g/mol. The molecule has 0 saturated heterocycles. The van der Waals surface area contributed by atoms with Crippen LogP contribution in [0.5, 0.6) is 17.2 Å². The molecule has 1 atom stereocenters. The number of methoxy groups -OCH3 is 1. The number of ether oxygens (including phenoxy) is 5. The van der Waals surface area contributed by atoms with Crippen LogP contribution >= 0.6 is 34.8 Å². The first-order valence-electron chi connectivity index (χ1n) is 21.8. The van der Waals surface area contributed by atoms with E-state index in [4.69, 9.17) is 67.5 Å². The van der Waals surface area contributed by atoms with Gasteiger partial charge in [-0.25, -0.2) is 12.6 Å². The fourth-order valence-electron chi connectivity index (χ4n) is 6.34. The van der Waals surface area contributed by atoms with Crippen molar-refractivity contribution in [1.82, 2.24) is 10.3 Å². The normalized spacial score (nSPS) is 13.1. The molecule has 1 unspecified atom stereocenters. The van der Waals surface area contributed by atoms with E-state index in [0.29, 0.717) is 72.8 Å². The molecule has 2 aromatic heterocycles. The third kappa shape index (κ3) is 16.5. The van der Waals surface area contributed by atoms with Gasteiger partial charge in [0.15, 0.2) is 22.8 Å². The molecule has 0 aliphatic heterocycles. The smallest absolute Gasteiger partial charge is 0.236 e. The minimum Gasteiger partial charge on any atom is -0.498 e. The number of hydrogen-bond donors (Lipinski definition) is 2. The predicted molar refractivity (Wildman–Crippen MR) is 269 cm³/mol. The zero-order valence-electron chi connectivity index (χ0n) is 39.0. The number of sulfonamides is 1. The molecule has 364 valence electrons. The van der Waals surface area contributed by atoms with Crippen molar-refractivity contribution in [3.05, 3.63) is 110 Å². The van der Waals surface area contributed by atoms with Gasteiger partial charge in [-0.2, -0.15) is 0 Å². The highest BCUT2D eigenvalue weighted by atomic mass is 35.5. The fraction of sp³-hybridized carbons (Fsp3) is 0.417. The summed E-state index contributed by atoms with van der Waals surface area (Å²) in [5.41, 5.74) is 5.15. The zero-order valence-corrected chi connectivity index (χ0v) is 42.9. The highest BCUT2D eigenvalue weighted by molar-refractivity contribution is 7.92. The van der Waals surface area contributed by atoms with E-state index in [2.05, 4.69) is 59.6 Å². The van der Waals surface area contributed by atoms with E-state index in [1.807, 2.05) is 26.0 Å². The largest absolute Gasteiger partial charge is 0.498 e. The molecule has 2 N–H and O–H groups in total. The van der Waals surface area contributed by atoms with Gasteiger partial charge >= 0.3 is 0 Å². The Morgan fingerprint density at radius 1 is 0.776 bits per heavy atom. The fourth-order valence-corrected chi connectivity index (χ4v) is 8.36. The third-order valence-electron chi connectivity index (χ3n) is 9.96. The predicted octanol–water partition coefficient (Wildman–Crippen LogP) is 12.4. The summed E-state index contributed by atoms with van der Waals surface area (Å²) in [5, 5.41) is 10.3. The molecule has 0 bridgehead atoms. The SMILES string of the molecule is C/C=C(\C)OCC(C)C.CC(C)COc1ccc(OCc2cc3onc(NS(C)=O)c3cc2Cl)cc1Cl.COCCS(=O)(=O)Nc1noc2cc(COc3ccc4c(c3)CCCC4)c(Cl)cc12. The molecule has 7 rings (SSSR count). The summed E-state index contributed by atoms with van der Waals surface area (Å²) in [6.45, 7) is 14.4. The Kier molecular flexibility index (Phi) is 20.3. The van der Waals surface area contributed by atoms with E-state index in [0.717, 1.165) is 42.1 Å². The molecule has 1 aliphatic carbocycles. The molecule has 0 spiro atoms. The number of rotatable bonds is 19. The molecule has 19 heteroatoms. The molecule has 0 radical (unpaired) electrons. The minimum absolute atomic E-state index is 0.0794. The second-order valence-corrected chi connectivity index (χ2v) is 20.7. The van der Waals surface area contributed by atoms with Gasteiger partial charge in [0.2, 0.25) is 10.0 Å². The van der Waals surface area contributed by atoms with Crippen LogP contribution in [0, 0.1) is 11.8 Å². The summed E-state index contributed by atoms with van der Waals surface area (Å²) in [6.07, 6.45) is 8.14. The van der Waals surface area contributed by atoms with Crippen molar-refractivity contribution in [2.45, 2.75) is 80.4 Å². The van der Waals surface area contributed by atoms with Crippen LogP contribution < -0.4 is 23.7 Å². The summed E-state index contributed by atoms with van der Waals surface area (Å²) in [7, 11) is -3.42. The van der Waals surface area contributed by atoms with Gasteiger partial charge in [0.1, 0.15) is 41.4 Å². The minimum atomic E-state index is -3.60. The lowest BCUT2D eigenvalue weighted by atomic mass is 9.92. The van der Waals surface area contributed by atoms with Crippen LogP contribution in [0.25, 0.3) is 21.9 Å². The van der Waals surface area contributed by atoms with Crippen molar-refractivity contribution >= 4 is 89.4 Å². The van der Waals surface area contributed by atoms with E-state index in [9.17, 15) is 12.6 Å². The van der Waals surface area contributed by atoms with Crippen LogP contribution in [0.1, 0.15) is 76.6 Å². The molecule has 6 aromatic rings. The van der Waals surface area contributed by atoms with E-state index in [-0.39, 0.29) is 31.4 Å². The number of allylic oxidation sites excluding steroid dienone is 2. The lowest BCUT2D eigenvalue weighted by molar-refractivity contribution is 0.180. The summed E-state index contributed by atoms with van der Waals surface area (Å²) in [4.78, 5) is 0. The highest BCUT2D eigenvalue weighted by Gasteiger charge is 2.19. The second kappa shape index (κ2) is 25.6. The number of anilines is 2. The average Bonchev–Trinajstić information content (AvgIpc) is 3.86. The maximum Gasteiger partial charge on any atom is 0.236 e. The van der Waals surface area contributed by atoms with Crippen LogP contribution in [-0.2, 0) is 56.5 Å². The number of nitrogens with one attached hydrogen (secondary N) is 2. The topological polar surface area (TPSA) is 173 Å². The van der Waals surface area contributed by atoms with Gasteiger partial charge in [-0.1, -0.05) is 85.0 Å². The quantitative estimate of drug-likeness (QED) is 0.0736. The number of nitrogens with zero attached hydrogens (tertiary/aromatic N) is 2. The number of fused-ring (bicyclic) bond motifs is 3. The maximum absolute atomic E-state index is 12.1. The Labute approximate surface area is 410 Å². The van der Waals surface area contributed by atoms with Crippen LogP contribution in [-0.4, -0.2) is 61.9 Å². The Balaban J connectivity index is 0.000000213. The van der Waals surface area contributed by atoms with Gasteiger partial charge < -0.3 is 32.7 Å². The summed E-state index contributed by atoms with van der Waals surface area (Å²) in [5.74, 6) is 4.38. The first-order chi connectivity index (χ1) is 31.9. The first kappa shape index (κ1) is 53.2. The van der Waals surface area contributed by atoms with Crippen LogP contribution in [0.2, 0.25) is 15.1 Å². The Hall–Kier alpha value is -4.71. The number of halogens is 3. The number of aromatic nitrogens is 2. The van der Waals surface area contributed by atoms with Gasteiger partial charge in [-0.15, -0.1) is 0 Å². The number of benzene rings is 4. The first-order valence-corrected chi connectivity index (χ1v) is 26.1. The van der Waals surface area contributed by atoms with Crippen LogP contribution in [0.15, 0.2) is 81.5 Å². The second-order valence-electron chi connectivity index (χ2n) is 16.5. The summed E-state index contributed by atoms with van der Waals surface area (Å²) >= 11 is 19.0. The molecule has 67 heavy (non-hydrogen) atoms. The summed E-state index contributed by atoms with van der Waals surface area (Å²) in [6, 6.07) is 18.3. The molecule has 14 nitrogen and oxygen atoms in total. The van der Waals surface area contributed by atoms with Crippen LogP contribution in [0.3, 0.4) is 0 Å². The van der Waals surface area contributed by atoms with Gasteiger partial charge in [0.25, 0.3) is 0 Å².